The number of rotatable bonds is 2. The minimum Gasteiger partial charge on any atom is -0.360 e. The van der Waals surface area contributed by atoms with Gasteiger partial charge in [-0.25, -0.2) is 9.97 Å². The van der Waals surface area contributed by atoms with Crippen molar-refractivity contribution in [3.8, 4) is 0 Å². The molecule has 102 valence electrons. The van der Waals surface area contributed by atoms with E-state index in [1.165, 1.54) is 0 Å². The molecule has 2 fully saturated rings. The molecule has 0 aromatic carbocycles. The Balaban J connectivity index is 1.83. The molecule has 0 bridgehead atoms. The Morgan fingerprint density at radius 2 is 2.00 bits per heavy atom. The highest BCUT2D eigenvalue weighted by atomic mass is 16.1. The lowest BCUT2D eigenvalue weighted by molar-refractivity contribution is -0.124. The fourth-order valence-electron chi connectivity index (χ4n) is 2.99. The lowest BCUT2D eigenvalue weighted by atomic mass is 9.89. The summed E-state index contributed by atoms with van der Waals surface area (Å²) in [6, 6.07) is 0. The topological polar surface area (TPSA) is 61.4 Å². The zero-order chi connectivity index (χ0) is 13.4. The fourth-order valence-corrected chi connectivity index (χ4v) is 2.99. The second kappa shape index (κ2) is 4.68. The predicted molar refractivity (Wildman–Crippen MR) is 73.2 cm³/mol. The molecule has 6 nitrogen and oxygen atoms in total. The molecular weight excluding hydrogens is 242 g/mol. The summed E-state index contributed by atoms with van der Waals surface area (Å²) in [4.78, 5) is 24.6. The number of nitrogens with one attached hydrogen (secondary N) is 1. The van der Waals surface area contributed by atoms with Crippen molar-refractivity contribution in [2.24, 2.45) is 11.8 Å². The zero-order valence-electron chi connectivity index (χ0n) is 11.3. The summed E-state index contributed by atoms with van der Waals surface area (Å²) in [5, 5.41) is 2.95. The van der Waals surface area contributed by atoms with Gasteiger partial charge in [-0.05, 0) is 11.8 Å². The fraction of sp³-hybridized carbons (Fsp3) is 0.615. The van der Waals surface area contributed by atoms with Crippen LogP contribution in [0.4, 0.5) is 11.6 Å². The molecule has 1 aromatic rings. The largest absolute Gasteiger partial charge is 0.360 e. The zero-order valence-corrected chi connectivity index (χ0v) is 11.3. The third-order valence-corrected chi connectivity index (χ3v) is 3.97. The summed E-state index contributed by atoms with van der Waals surface area (Å²) in [7, 11) is 3.95. The third kappa shape index (κ3) is 2.22. The highest BCUT2D eigenvalue weighted by molar-refractivity contribution is 5.77. The SMILES string of the molecule is CN(C)c1nccnc1N1C[C@H]2CC(=O)NC[C@H]2C1. The van der Waals surface area contributed by atoms with Crippen molar-refractivity contribution in [1.82, 2.24) is 15.3 Å². The van der Waals surface area contributed by atoms with Gasteiger partial charge in [-0.15, -0.1) is 0 Å². The van der Waals surface area contributed by atoms with E-state index in [0.717, 1.165) is 31.3 Å². The molecule has 2 aliphatic rings. The first-order valence-electron chi connectivity index (χ1n) is 6.65. The first-order valence-corrected chi connectivity index (χ1v) is 6.65. The van der Waals surface area contributed by atoms with Crippen LogP contribution in [0.3, 0.4) is 0 Å². The number of aromatic nitrogens is 2. The maximum Gasteiger partial charge on any atom is 0.220 e. The van der Waals surface area contributed by atoms with Gasteiger partial charge >= 0.3 is 0 Å². The number of fused-ring (bicyclic) bond motifs is 1. The van der Waals surface area contributed by atoms with E-state index in [0.29, 0.717) is 18.3 Å². The van der Waals surface area contributed by atoms with E-state index < -0.39 is 0 Å². The average molecular weight is 261 g/mol. The van der Waals surface area contributed by atoms with Crippen LogP contribution in [0.5, 0.6) is 0 Å². The molecule has 1 N–H and O–H groups in total. The van der Waals surface area contributed by atoms with Gasteiger partial charge in [0.25, 0.3) is 0 Å². The van der Waals surface area contributed by atoms with Crippen molar-refractivity contribution < 1.29 is 4.79 Å². The molecule has 1 amide bonds. The number of carbonyl (C=O) groups excluding carboxylic acids is 1. The van der Waals surface area contributed by atoms with Gasteiger partial charge in [0.1, 0.15) is 0 Å². The molecule has 1 aromatic heterocycles. The van der Waals surface area contributed by atoms with E-state index in [4.69, 9.17) is 0 Å². The van der Waals surface area contributed by atoms with Gasteiger partial charge in [0.2, 0.25) is 5.91 Å². The molecule has 0 saturated carbocycles. The number of anilines is 2. The smallest absolute Gasteiger partial charge is 0.220 e. The average Bonchev–Trinajstić information content (AvgIpc) is 2.81. The van der Waals surface area contributed by atoms with Gasteiger partial charge in [-0.3, -0.25) is 4.79 Å². The van der Waals surface area contributed by atoms with Crippen molar-refractivity contribution in [2.45, 2.75) is 6.42 Å². The number of amides is 1. The van der Waals surface area contributed by atoms with E-state index in [9.17, 15) is 4.79 Å². The highest BCUT2D eigenvalue weighted by Gasteiger charge is 2.38. The van der Waals surface area contributed by atoms with Gasteiger partial charge in [0, 0.05) is 52.5 Å². The molecular formula is C13H19N5O. The molecule has 3 heterocycles. The number of nitrogens with zero attached hydrogens (tertiary/aromatic N) is 4. The Hall–Kier alpha value is -1.85. The maximum absolute atomic E-state index is 11.5. The van der Waals surface area contributed by atoms with Crippen molar-refractivity contribution in [3.05, 3.63) is 12.4 Å². The van der Waals surface area contributed by atoms with E-state index in [-0.39, 0.29) is 5.91 Å². The van der Waals surface area contributed by atoms with Crippen LogP contribution in [-0.2, 0) is 4.79 Å². The maximum atomic E-state index is 11.5. The van der Waals surface area contributed by atoms with Gasteiger partial charge in [-0.1, -0.05) is 0 Å². The first kappa shape index (κ1) is 12.2. The van der Waals surface area contributed by atoms with Crippen molar-refractivity contribution >= 4 is 17.5 Å². The van der Waals surface area contributed by atoms with Gasteiger partial charge in [0.05, 0.1) is 0 Å². The van der Waals surface area contributed by atoms with Gasteiger partial charge < -0.3 is 15.1 Å². The van der Waals surface area contributed by atoms with Gasteiger partial charge in [0.15, 0.2) is 11.6 Å². The number of piperidine rings is 1. The monoisotopic (exact) mass is 261 g/mol. The lowest BCUT2D eigenvalue weighted by Crippen LogP contribution is -2.39. The quantitative estimate of drug-likeness (QED) is 0.819. The van der Waals surface area contributed by atoms with E-state index >= 15 is 0 Å². The van der Waals surface area contributed by atoms with E-state index in [1.807, 2.05) is 19.0 Å². The van der Waals surface area contributed by atoms with Crippen LogP contribution in [0.25, 0.3) is 0 Å². The van der Waals surface area contributed by atoms with Crippen molar-refractivity contribution in [3.63, 3.8) is 0 Å². The Bertz CT molecular complexity index is 490. The molecule has 3 rings (SSSR count). The molecule has 2 saturated heterocycles. The van der Waals surface area contributed by atoms with Crippen LogP contribution in [0, 0.1) is 11.8 Å². The first-order chi connectivity index (χ1) is 9.15. The minimum absolute atomic E-state index is 0.176. The van der Waals surface area contributed by atoms with Crippen LogP contribution < -0.4 is 15.1 Å². The minimum atomic E-state index is 0.176. The van der Waals surface area contributed by atoms with Crippen LogP contribution in [0.1, 0.15) is 6.42 Å². The summed E-state index contributed by atoms with van der Waals surface area (Å²) in [5.41, 5.74) is 0. The lowest BCUT2D eigenvalue weighted by Gasteiger charge is -2.23. The summed E-state index contributed by atoms with van der Waals surface area (Å²) < 4.78 is 0. The molecule has 0 unspecified atom stereocenters. The van der Waals surface area contributed by atoms with E-state index in [2.05, 4.69) is 20.2 Å². The van der Waals surface area contributed by atoms with Crippen molar-refractivity contribution in [1.29, 1.82) is 0 Å². The molecule has 2 aliphatic heterocycles. The summed E-state index contributed by atoms with van der Waals surface area (Å²) >= 11 is 0. The second-order valence-corrected chi connectivity index (χ2v) is 5.53. The number of carbonyl (C=O) groups is 1. The molecule has 0 spiro atoms. The predicted octanol–water partition coefficient (Wildman–Crippen LogP) is 0.115. The van der Waals surface area contributed by atoms with Crippen molar-refractivity contribution in [2.75, 3.05) is 43.5 Å². The summed E-state index contributed by atoms with van der Waals surface area (Å²) in [6.07, 6.45) is 4.08. The third-order valence-electron chi connectivity index (χ3n) is 3.97. The molecule has 0 radical (unpaired) electrons. The van der Waals surface area contributed by atoms with E-state index in [1.54, 1.807) is 12.4 Å². The second-order valence-electron chi connectivity index (χ2n) is 5.53. The Morgan fingerprint density at radius 3 is 2.79 bits per heavy atom. The standard InChI is InChI=1S/C13H19N5O/c1-17(2)12-13(15-4-3-14-12)18-7-9-5-11(19)16-6-10(9)8-18/h3-4,9-10H,5-8H2,1-2H3,(H,16,19)/t9-,10+/m1/s1. The van der Waals surface area contributed by atoms with Crippen LogP contribution in [0.15, 0.2) is 12.4 Å². The number of hydrogen-bond donors (Lipinski definition) is 1. The molecule has 2 atom stereocenters. The molecule has 19 heavy (non-hydrogen) atoms. The van der Waals surface area contributed by atoms with Crippen LogP contribution in [-0.4, -0.2) is 49.6 Å². The molecule has 6 heteroatoms. The summed E-state index contributed by atoms with van der Waals surface area (Å²) in [5.74, 6) is 2.98. The molecule has 0 aliphatic carbocycles. The Labute approximate surface area is 112 Å². The Kier molecular flexibility index (Phi) is 3.00. The van der Waals surface area contributed by atoms with Gasteiger partial charge in [-0.2, -0.15) is 0 Å². The van der Waals surface area contributed by atoms with Crippen LogP contribution in [0.2, 0.25) is 0 Å². The highest BCUT2D eigenvalue weighted by Crippen LogP contribution is 2.34. The summed E-state index contributed by atoms with van der Waals surface area (Å²) in [6.45, 7) is 2.64. The Morgan fingerprint density at radius 1 is 1.26 bits per heavy atom. The number of hydrogen-bond acceptors (Lipinski definition) is 5. The van der Waals surface area contributed by atoms with Crippen LogP contribution >= 0.6 is 0 Å². The normalized spacial score (nSPS) is 26.0.